The summed E-state index contributed by atoms with van der Waals surface area (Å²) in [4.78, 5) is 27.0. The third kappa shape index (κ3) is 5.76. The van der Waals surface area contributed by atoms with Crippen LogP contribution >= 0.6 is 11.6 Å². The molecule has 0 atom stereocenters. The lowest BCUT2D eigenvalue weighted by Crippen LogP contribution is -2.29. The van der Waals surface area contributed by atoms with Gasteiger partial charge in [-0.2, -0.15) is 0 Å². The number of ketones is 1. The number of carbonyl (C=O) groups excluding carboxylic acids is 2. The van der Waals surface area contributed by atoms with Gasteiger partial charge in [0.05, 0.1) is 11.4 Å². The first kappa shape index (κ1) is 22.1. The van der Waals surface area contributed by atoms with E-state index in [1.807, 2.05) is 66.7 Å². The van der Waals surface area contributed by atoms with Gasteiger partial charge < -0.3 is 4.74 Å². The molecular formula is C28H20ClNO3. The number of amides is 1. The highest BCUT2D eigenvalue weighted by Gasteiger charge is 2.20. The third-order valence-corrected chi connectivity index (χ3v) is 5.08. The van der Waals surface area contributed by atoms with Crippen LogP contribution < -0.4 is 9.64 Å². The highest BCUT2D eigenvalue weighted by atomic mass is 35.5. The van der Waals surface area contributed by atoms with E-state index in [4.69, 9.17) is 16.3 Å². The highest BCUT2D eigenvalue weighted by molar-refractivity contribution is 6.30. The van der Waals surface area contributed by atoms with Gasteiger partial charge in [0.15, 0.2) is 5.78 Å². The second-order valence-corrected chi connectivity index (χ2v) is 7.59. The van der Waals surface area contributed by atoms with Crippen molar-refractivity contribution in [2.24, 2.45) is 0 Å². The van der Waals surface area contributed by atoms with Gasteiger partial charge in [0, 0.05) is 10.6 Å². The van der Waals surface area contributed by atoms with Crippen LogP contribution in [0, 0.1) is 0 Å². The van der Waals surface area contributed by atoms with E-state index in [0.29, 0.717) is 27.7 Å². The number of halogens is 1. The standard InChI is InChI=1S/C28H20ClNO3/c29-23-17-15-22(16-18-23)27(31)19-14-21-8-7-13-26(20-21)33-28(32)30(24-9-3-1-4-10-24)25-11-5-2-6-12-25/h1-20H/b19-14+. The minimum absolute atomic E-state index is 0.145. The lowest BCUT2D eigenvalue weighted by molar-refractivity contribution is 0.104. The van der Waals surface area contributed by atoms with Gasteiger partial charge in [0.2, 0.25) is 0 Å². The molecule has 33 heavy (non-hydrogen) atoms. The van der Waals surface area contributed by atoms with E-state index in [0.717, 1.165) is 5.56 Å². The number of anilines is 2. The van der Waals surface area contributed by atoms with Crippen molar-refractivity contribution in [2.75, 3.05) is 4.90 Å². The maximum Gasteiger partial charge on any atom is 0.424 e. The Morgan fingerprint density at radius 1 is 0.727 bits per heavy atom. The fraction of sp³-hybridized carbons (Fsp3) is 0. The lowest BCUT2D eigenvalue weighted by Gasteiger charge is -2.22. The van der Waals surface area contributed by atoms with Crippen molar-refractivity contribution in [1.29, 1.82) is 0 Å². The van der Waals surface area contributed by atoms with E-state index in [-0.39, 0.29) is 5.78 Å². The van der Waals surface area contributed by atoms with E-state index < -0.39 is 6.09 Å². The summed E-state index contributed by atoms with van der Waals surface area (Å²) in [7, 11) is 0. The van der Waals surface area contributed by atoms with Crippen molar-refractivity contribution in [1.82, 2.24) is 0 Å². The van der Waals surface area contributed by atoms with Crippen molar-refractivity contribution in [3.63, 3.8) is 0 Å². The molecule has 0 bridgehead atoms. The molecule has 0 aliphatic rings. The number of para-hydroxylation sites is 2. The summed E-state index contributed by atoms with van der Waals surface area (Å²) in [5.74, 6) is 0.228. The largest absolute Gasteiger partial charge is 0.424 e. The first-order valence-corrected chi connectivity index (χ1v) is 10.7. The maximum absolute atomic E-state index is 13.1. The van der Waals surface area contributed by atoms with Gasteiger partial charge in [-0.05, 0) is 72.3 Å². The molecule has 4 aromatic carbocycles. The number of allylic oxidation sites excluding steroid dienone is 1. The van der Waals surface area contributed by atoms with Crippen LogP contribution in [-0.4, -0.2) is 11.9 Å². The maximum atomic E-state index is 13.1. The number of ether oxygens (including phenoxy) is 1. The van der Waals surface area contributed by atoms with Crippen LogP contribution in [0.2, 0.25) is 5.02 Å². The smallest absolute Gasteiger partial charge is 0.410 e. The molecule has 0 fully saturated rings. The summed E-state index contributed by atoms with van der Waals surface area (Å²) in [6, 6.07) is 32.3. The van der Waals surface area contributed by atoms with Gasteiger partial charge >= 0.3 is 6.09 Å². The summed E-state index contributed by atoms with van der Waals surface area (Å²) < 4.78 is 5.68. The zero-order chi connectivity index (χ0) is 23.0. The summed E-state index contributed by atoms with van der Waals surface area (Å²) >= 11 is 5.87. The van der Waals surface area contributed by atoms with Crippen LogP contribution in [0.3, 0.4) is 0 Å². The average Bonchev–Trinajstić information content (AvgIpc) is 2.85. The Bertz CT molecular complexity index is 1230. The van der Waals surface area contributed by atoms with Crippen LogP contribution in [0.1, 0.15) is 15.9 Å². The summed E-state index contributed by atoms with van der Waals surface area (Å²) in [6.45, 7) is 0. The van der Waals surface area contributed by atoms with E-state index in [9.17, 15) is 9.59 Å². The Balaban J connectivity index is 1.52. The van der Waals surface area contributed by atoms with Gasteiger partial charge in [-0.3, -0.25) is 4.79 Å². The van der Waals surface area contributed by atoms with Gasteiger partial charge in [-0.15, -0.1) is 0 Å². The van der Waals surface area contributed by atoms with Crippen molar-refractivity contribution >= 4 is 40.9 Å². The molecule has 162 valence electrons. The Kier molecular flexibility index (Phi) is 6.98. The summed E-state index contributed by atoms with van der Waals surface area (Å²) in [5.41, 5.74) is 2.66. The third-order valence-electron chi connectivity index (χ3n) is 4.83. The Morgan fingerprint density at radius 3 is 1.94 bits per heavy atom. The minimum Gasteiger partial charge on any atom is -0.410 e. The Labute approximate surface area is 197 Å². The molecule has 0 saturated heterocycles. The van der Waals surface area contributed by atoms with Gasteiger partial charge in [-0.25, -0.2) is 9.69 Å². The molecule has 0 aromatic heterocycles. The lowest BCUT2D eigenvalue weighted by atomic mass is 10.1. The first-order valence-electron chi connectivity index (χ1n) is 10.3. The van der Waals surface area contributed by atoms with Crippen molar-refractivity contribution < 1.29 is 14.3 Å². The molecule has 4 rings (SSSR count). The van der Waals surface area contributed by atoms with Gasteiger partial charge in [0.25, 0.3) is 0 Å². The van der Waals surface area contributed by atoms with Crippen LogP contribution in [0.15, 0.2) is 115 Å². The molecular weight excluding hydrogens is 434 g/mol. The first-order chi connectivity index (χ1) is 16.1. The van der Waals surface area contributed by atoms with Crippen molar-refractivity contribution in [3.05, 3.63) is 131 Å². The normalized spacial score (nSPS) is 10.7. The topological polar surface area (TPSA) is 46.6 Å². The van der Waals surface area contributed by atoms with E-state index in [2.05, 4.69) is 0 Å². The zero-order valence-electron chi connectivity index (χ0n) is 17.6. The number of hydrogen-bond donors (Lipinski definition) is 0. The van der Waals surface area contributed by atoms with Crippen LogP contribution in [0.5, 0.6) is 5.75 Å². The number of carbonyl (C=O) groups is 2. The van der Waals surface area contributed by atoms with Crippen LogP contribution in [-0.2, 0) is 0 Å². The molecule has 0 heterocycles. The van der Waals surface area contributed by atoms with Crippen LogP contribution in [0.4, 0.5) is 16.2 Å². The quantitative estimate of drug-likeness (QED) is 0.223. The second-order valence-electron chi connectivity index (χ2n) is 7.15. The molecule has 4 aromatic rings. The molecule has 0 spiro atoms. The van der Waals surface area contributed by atoms with Crippen molar-refractivity contribution in [3.8, 4) is 5.75 Å². The molecule has 0 aliphatic heterocycles. The number of hydrogen-bond acceptors (Lipinski definition) is 3. The predicted octanol–water partition coefficient (Wildman–Crippen LogP) is 7.57. The summed E-state index contributed by atoms with van der Waals surface area (Å²) in [5, 5.41) is 0.574. The predicted molar refractivity (Wildman–Crippen MR) is 132 cm³/mol. The number of benzene rings is 4. The number of nitrogens with zero attached hydrogens (tertiary/aromatic N) is 1. The molecule has 0 N–H and O–H groups in total. The highest BCUT2D eigenvalue weighted by Crippen LogP contribution is 2.27. The molecule has 4 nitrogen and oxygen atoms in total. The summed E-state index contributed by atoms with van der Waals surface area (Å²) in [6.07, 6.45) is 2.62. The van der Waals surface area contributed by atoms with E-state index in [1.165, 1.54) is 11.0 Å². The molecule has 0 saturated carbocycles. The van der Waals surface area contributed by atoms with Crippen LogP contribution in [0.25, 0.3) is 6.08 Å². The van der Waals surface area contributed by atoms with Crippen molar-refractivity contribution in [2.45, 2.75) is 0 Å². The molecule has 0 radical (unpaired) electrons. The monoisotopic (exact) mass is 453 g/mol. The van der Waals surface area contributed by atoms with Gasteiger partial charge in [-0.1, -0.05) is 66.2 Å². The second kappa shape index (κ2) is 10.4. The fourth-order valence-electron chi connectivity index (χ4n) is 3.22. The minimum atomic E-state index is -0.536. The van der Waals surface area contributed by atoms with E-state index in [1.54, 1.807) is 48.5 Å². The molecule has 0 unspecified atom stereocenters. The number of rotatable bonds is 6. The Morgan fingerprint density at radius 2 is 1.33 bits per heavy atom. The van der Waals surface area contributed by atoms with Gasteiger partial charge in [0.1, 0.15) is 5.75 Å². The molecule has 1 amide bonds. The fourth-order valence-corrected chi connectivity index (χ4v) is 3.35. The average molecular weight is 454 g/mol. The molecule has 5 heteroatoms. The molecule has 0 aliphatic carbocycles. The SMILES string of the molecule is O=C(/C=C/c1cccc(OC(=O)N(c2ccccc2)c2ccccc2)c1)c1ccc(Cl)cc1. The Hall–Kier alpha value is -4.15. The van der Waals surface area contributed by atoms with E-state index >= 15 is 0 Å². The zero-order valence-corrected chi connectivity index (χ0v) is 18.4.